The fourth-order valence-electron chi connectivity index (χ4n) is 9.04. The summed E-state index contributed by atoms with van der Waals surface area (Å²) in [6.07, 6.45) is 0.700. The molecule has 4 unspecified atom stereocenters. The van der Waals surface area contributed by atoms with E-state index in [1.807, 2.05) is 26.8 Å². The van der Waals surface area contributed by atoms with Gasteiger partial charge in [-0.1, -0.05) is 46.8 Å². The number of hydrogen-bond acceptors (Lipinski definition) is 11. The Bertz CT molecular complexity index is 1970. The zero-order valence-electron chi connectivity index (χ0n) is 38.9. The van der Waals surface area contributed by atoms with E-state index in [9.17, 15) is 24.3 Å². The Morgan fingerprint density at radius 3 is 1.98 bits per heavy atom. The van der Waals surface area contributed by atoms with Crippen molar-refractivity contribution in [2.45, 2.75) is 143 Å². The Morgan fingerprint density at radius 1 is 0.855 bits per heavy atom. The molecule has 1 aliphatic heterocycles. The van der Waals surface area contributed by atoms with E-state index in [2.05, 4.69) is 36.7 Å². The number of carbonyl (C=O) groups excluding carboxylic acids is 3. The lowest BCUT2D eigenvalue weighted by Gasteiger charge is -2.64. The van der Waals surface area contributed by atoms with Crippen molar-refractivity contribution >= 4 is 31.2 Å². The van der Waals surface area contributed by atoms with Gasteiger partial charge in [-0.3, -0.25) is 4.79 Å². The van der Waals surface area contributed by atoms with Gasteiger partial charge in [-0.05, 0) is 120 Å². The van der Waals surface area contributed by atoms with Crippen molar-refractivity contribution < 1.29 is 57.3 Å². The molecule has 2 bridgehead atoms. The van der Waals surface area contributed by atoms with Crippen molar-refractivity contribution in [2.24, 2.45) is 17.3 Å². The smallest absolute Gasteiger partial charge is 0.482 e. The van der Waals surface area contributed by atoms with E-state index in [4.69, 9.17) is 33.0 Å². The van der Waals surface area contributed by atoms with Crippen LogP contribution >= 0.6 is 0 Å². The molecule has 0 radical (unpaired) electrons. The fraction of sp³-hybridized carbons (Fsp3) is 0.652. The van der Waals surface area contributed by atoms with Gasteiger partial charge in [0.1, 0.15) is 35.7 Å². The number of carboxylic acids is 1. The van der Waals surface area contributed by atoms with Gasteiger partial charge in [0.2, 0.25) is 5.91 Å². The molecule has 1 saturated heterocycles. The molecule has 62 heavy (non-hydrogen) atoms. The monoisotopic (exact) mass is 865 g/mol. The van der Waals surface area contributed by atoms with Crippen LogP contribution in [-0.4, -0.2) is 98.5 Å². The van der Waals surface area contributed by atoms with E-state index in [0.29, 0.717) is 28.5 Å². The van der Waals surface area contributed by atoms with Crippen LogP contribution in [0.1, 0.15) is 123 Å². The van der Waals surface area contributed by atoms with Gasteiger partial charge in [-0.2, -0.15) is 0 Å². The molecule has 3 saturated carbocycles. The first kappa shape index (κ1) is 48.3. The molecule has 4 fully saturated rings. The van der Waals surface area contributed by atoms with Gasteiger partial charge in [0, 0.05) is 5.56 Å². The van der Waals surface area contributed by atoms with Crippen LogP contribution in [-0.2, 0) is 41.8 Å². The highest BCUT2D eigenvalue weighted by atomic mass is 16.7. The zero-order valence-corrected chi connectivity index (χ0v) is 38.9. The quantitative estimate of drug-likeness (QED) is 0.0998. The molecule has 3 aliphatic carbocycles. The number of nitrogens with one attached hydrogen (secondary N) is 3. The van der Waals surface area contributed by atoms with Crippen LogP contribution in [0, 0.1) is 17.3 Å². The third-order valence-corrected chi connectivity index (χ3v) is 12.0. The number of benzene rings is 2. The number of aromatic carboxylic acids is 1. The Kier molecular flexibility index (Phi) is 14.5. The largest absolute Gasteiger partial charge is 0.496 e. The molecule has 342 valence electrons. The summed E-state index contributed by atoms with van der Waals surface area (Å²) < 4.78 is 42.2. The predicted octanol–water partition coefficient (Wildman–Crippen LogP) is 7.04. The fourth-order valence-corrected chi connectivity index (χ4v) is 9.04. The first-order chi connectivity index (χ1) is 28.7. The van der Waals surface area contributed by atoms with Gasteiger partial charge in [0.15, 0.2) is 11.5 Å². The molecule has 0 aromatic heterocycles. The molecule has 2 aromatic carbocycles. The third-order valence-electron chi connectivity index (χ3n) is 12.0. The summed E-state index contributed by atoms with van der Waals surface area (Å²) in [7, 11) is 0.633. The highest BCUT2D eigenvalue weighted by Crippen LogP contribution is 2.65. The van der Waals surface area contributed by atoms with Gasteiger partial charge in [-0.15, -0.1) is 0 Å². The van der Waals surface area contributed by atoms with E-state index in [0.717, 1.165) is 18.4 Å². The molecule has 5 atom stereocenters. The van der Waals surface area contributed by atoms with Crippen molar-refractivity contribution in [2.75, 3.05) is 33.4 Å². The van der Waals surface area contributed by atoms with Crippen molar-refractivity contribution in [1.29, 1.82) is 0 Å². The Labute approximate surface area is 367 Å². The Balaban J connectivity index is 1.39. The number of alkyl carbamates (subject to hydrolysis) is 2. The average Bonchev–Trinajstić information content (AvgIpc) is 3.50. The Hall–Kier alpha value is -4.70. The normalized spacial score (nSPS) is 22.0. The van der Waals surface area contributed by atoms with Gasteiger partial charge in [-0.25, -0.2) is 14.4 Å². The van der Waals surface area contributed by atoms with E-state index in [1.54, 1.807) is 65.8 Å². The maximum atomic E-state index is 14.2. The summed E-state index contributed by atoms with van der Waals surface area (Å²) in [5, 5.41) is 18.7. The molecule has 3 amide bonds. The van der Waals surface area contributed by atoms with Crippen LogP contribution in [0.2, 0.25) is 0 Å². The molecule has 6 rings (SSSR count). The molecule has 4 N–H and O–H groups in total. The first-order valence-electron chi connectivity index (χ1n) is 21.6. The van der Waals surface area contributed by atoms with Crippen LogP contribution in [0.15, 0.2) is 30.3 Å². The lowest BCUT2D eigenvalue weighted by molar-refractivity contribution is -0.199. The standard InChI is InChI=1S/C46H68BN3O12/c1-42(2,3)31-16-15-29(39(52)53)38(56-13)30(31)26-36(47-61-35-25-28-24-34(45(28,10)11)46(35,12)62-47)50-37(51)23-27-14-17-32(57-20-18-48-40(54)59-43(4,5)6)33(22-27)58-21-19-49-41(55)60-44(7,8)9/h14-17,22,28,34-36H,18-21,23-26H2,1-13H3,(H,48,54)(H,49,55)(H,50,51)(H,52,53)/t28?,34?,35?,36-,46?/m0/s1. The molecule has 0 spiro atoms. The summed E-state index contributed by atoms with van der Waals surface area (Å²) in [5.41, 5.74) is -0.0258. The van der Waals surface area contributed by atoms with E-state index < -0.39 is 53.4 Å². The molecule has 1 heterocycles. The minimum Gasteiger partial charge on any atom is -0.496 e. The van der Waals surface area contributed by atoms with Crippen LogP contribution in [0.4, 0.5) is 9.59 Å². The number of methoxy groups -OCH3 is 1. The minimum atomic E-state index is -1.12. The lowest BCUT2D eigenvalue weighted by atomic mass is 9.43. The molecule has 15 nitrogen and oxygen atoms in total. The number of carboxylic acid groups (broad SMARTS) is 1. The van der Waals surface area contributed by atoms with Gasteiger partial charge in [0.05, 0.1) is 44.3 Å². The van der Waals surface area contributed by atoms with Crippen molar-refractivity contribution in [3.8, 4) is 17.2 Å². The van der Waals surface area contributed by atoms with E-state index in [-0.39, 0.29) is 73.8 Å². The third kappa shape index (κ3) is 11.7. The van der Waals surface area contributed by atoms with E-state index in [1.165, 1.54) is 7.11 Å². The zero-order chi connectivity index (χ0) is 46.0. The Morgan fingerprint density at radius 2 is 1.45 bits per heavy atom. The predicted molar refractivity (Wildman–Crippen MR) is 234 cm³/mol. The summed E-state index contributed by atoms with van der Waals surface area (Å²) in [5.74, 6) is -0.469. The summed E-state index contributed by atoms with van der Waals surface area (Å²) in [6.45, 7) is 23.9. The van der Waals surface area contributed by atoms with Crippen molar-refractivity contribution in [3.05, 3.63) is 52.6 Å². The summed E-state index contributed by atoms with van der Waals surface area (Å²) >= 11 is 0. The number of rotatable bonds is 16. The maximum Gasteiger partial charge on any atom is 0.482 e. The molecule has 2 aromatic rings. The van der Waals surface area contributed by atoms with Crippen LogP contribution in [0.5, 0.6) is 17.2 Å². The van der Waals surface area contributed by atoms with Crippen molar-refractivity contribution in [1.82, 2.24) is 16.0 Å². The lowest BCUT2D eigenvalue weighted by Crippen LogP contribution is -2.65. The average molecular weight is 866 g/mol. The SMILES string of the molecule is COc1c(C(=O)O)ccc(C(C)(C)C)c1C[C@H](NC(=O)Cc1ccc(OCCNC(=O)OC(C)(C)C)c(OCCNC(=O)OC(C)(C)C)c1)B1OC2CC3CC(C3(C)C)C2(C)O1. The topological polar surface area (TPSA) is 189 Å². The van der Waals surface area contributed by atoms with Crippen LogP contribution < -0.4 is 30.2 Å². The first-order valence-corrected chi connectivity index (χ1v) is 21.6. The second kappa shape index (κ2) is 18.6. The van der Waals surface area contributed by atoms with Gasteiger partial charge >= 0.3 is 25.3 Å². The van der Waals surface area contributed by atoms with Gasteiger partial charge < -0.3 is 54.0 Å². The number of amides is 3. The van der Waals surface area contributed by atoms with E-state index >= 15 is 0 Å². The van der Waals surface area contributed by atoms with Crippen molar-refractivity contribution in [3.63, 3.8) is 0 Å². The molecular weight excluding hydrogens is 797 g/mol. The van der Waals surface area contributed by atoms with Gasteiger partial charge in [0.25, 0.3) is 0 Å². The summed E-state index contributed by atoms with van der Waals surface area (Å²) in [6, 6.07) is 8.51. The van der Waals surface area contributed by atoms with Crippen LogP contribution in [0.25, 0.3) is 0 Å². The minimum absolute atomic E-state index is 0.0220. The second-order valence-corrected chi connectivity index (χ2v) is 20.5. The number of ether oxygens (including phenoxy) is 5. The highest BCUT2D eigenvalue weighted by molar-refractivity contribution is 6.48. The second-order valence-electron chi connectivity index (χ2n) is 20.5. The number of hydrogen-bond donors (Lipinski definition) is 4. The maximum absolute atomic E-state index is 14.2. The van der Waals surface area contributed by atoms with Crippen LogP contribution in [0.3, 0.4) is 0 Å². The number of carbonyl (C=O) groups is 4. The molecular formula is C46H68BN3O12. The summed E-state index contributed by atoms with van der Waals surface area (Å²) in [4.78, 5) is 51.1. The molecule has 16 heteroatoms. The molecule has 4 aliphatic rings. The highest BCUT2D eigenvalue weighted by Gasteiger charge is 2.68.